The molecule has 0 radical (unpaired) electrons. The predicted molar refractivity (Wildman–Crippen MR) is 120 cm³/mol. The average Bonchev–Trinajstić information content (AvgIpc) is 3.47. The van der Waals surface area contributed by atoms with E-state index in [0.717, 1.165) is 36.7 Å². The van der Waals surface area contributed by atoms with Gasteiger partial charge in [0.25, 0.3) is 5.91 Å². The summed E-state index contributed by atoms with van der Waals surface area (Å²) in [6.45, 7) is 1.86. The maximum atomic E-state index is 12.6. The lowest BCUT2D eigenvalue weighted by atomic mass is 10.1. The Bertz CT molecular complexity index is 1160. The maximum absolute atomic E-state index is 12.6. The second kappa shape index (κ2) is 7.61. The fourth-order valence-corrected chi connectivity index (χ4v) is 4.64. The van der Waals surface area contributed by atoms with Crippen LogP contribution in [-0.2, 0) is 4.79 Å². The zero-order valence-electron chi connectivity index (χ0n) is 15.6. The SMILES string of the molecule is N=C1/C(=C\c2ccc(-c3ccc(Cl)c(Cl)c3)o2)C(=O)N=C2SC(N3CCCC3)=NN12. The van der Waals surface area contributed by atoms with Crippen LogP contribution in [-0.4, -0.2) is 45.1 Å². The number of fused-ring (bicyclic) bond motifs is 1. The smallest absolute Gasteiger partial charge is 0.283 e. The Balaban J connectivity index is 1.42. The number of rotatable bonds is 2. The number of hydrazone groups is 1. The number of halogens is 2. The number of carbonyl (C=O) groups excluding carboxylic acids is 1. The van der Waals surface area contributed by atoms with Crippen molar-refractivity contribution in [2.45, 2.75) is 12.8 Å². The quantitative estimate of drug-likeness (QED) is 0.643. The molecule has 4 heterocycles. The molecule has 7 nitrogen and oxygen atoms in total. The summed E-state index contributed by atoms with van der Waals surface area (Å²) in [5, 5.41) is 16.5. The minimum Gasteiger partial charge on any atom is -0.457 e. The van der Waals surface area contributed by atoms with Crippen molar-refractivity contribution in [1.82, 2.24) is 9.91 Å². The van der Waals surface area contributed by atoms with E-state index in [-0.39, 0.29) is 11.4 Å². The molecular weight excluding hydrogens is 445 g/mol. The van der Waals surface area contributed by atoms with Crippen molar-refractivity contribution in [3.63, 3.8) is 0 Å². The molecule has 0 aliphatic carbocycles. The molecule has 0 bridgehead atoms. The third-order valence-electron chi connectivity index (χ3n) is 4.94. The fraction of sp³-hybridized carbons (Fsp3) is 0.200. The number of hydrogen-bond acceptors (Lipinski definition) is 6. The standard InChI is InChI=1S/C20H15Cl2N5O2S/c21-14-5-3-11(9-15(14)22)16-6-4-12(29-16)10-13-17(23)27-19(24-18(13)28)30-20(25-27)26-7-1-2-8-26/h3-6,9-10,23H,1-2,7-8H2/b13-10+,23-17?. The summed E-state index contributed by atoms with van der Waals surface area (Å²) in [5.41, 5.74) is 0.885. The molecule has 3 aliphatic rings. The summed E-state index contributed by atoms with van der Waals surface area (Å²) in [5.74, 6) is 0.507. The number of hydrogen-bond donors (Lipinski definition) is 1. The van der Waals surface area contributed by atoms with Gasteiger partial charge in [0, 0.05) is 18.7 Å². The van der Waals surface area contributed by atoms with Gasteiger partial charge in [0.15, 0.2) is 11.0 Å². The molecule has 30 heavy (non-hydrogen) atoms. The van der Waals surface area contributed by atoms with Gasteiger partial charge in [-0.05, 0) is 61.0 Å². The molecule has 1 N–H and O–H groups in total. The van der Waals surface area contributed by atoms with Crippen LogP contribution in [0.3, 0.4) is 0 Å². The lowest BCUT2D eigenvalue weighted by molar-refractivity contribution is -0.114. The largest absolute Gasteiger partial charge is 0.457 e. The first kappa shape index (κ1) is 19.4. The molecule has 1 saturated heterocycles. The summed E-state index contributed by atoms with van der Waals surface area (Å²) in [6, 6.07) is 8.69. The van der Waals surface area contributed by atoms with Gasteiger partial charge in [0.05, 0.1) is 15.6 Å². The molecule has 0 unspecified atom stereocenters. The van der Waals surface area contributed by atoms with Crippen molar-refractivity contribution < 1.29 is 9.21 Å². The summed E-state index contributed by atoms with van der Waals surface area (Å²) in [4.78, 5) is 18.8. The second-order valence-electron chi connectivity index (χ2n) is 6.93. The number of likely N-dealkylation sites (tertiary alicyclic amines) is 1. The monoisotopic (exact) mass is 459 g/mol. The Kier molecular flexibility index (Phi) is 4.92. The highest BCUT2D eigenvalue weighted by molar-refractivity contribution is 8.26. The van der Waals surface area contributed by atoms with Crippen LogP contribution >= 0.6 is 35.0 Å². The number of aliphatic imine (C=N–C) groups is 1. The molecule has 10 heteroatoms. The summed E-state index contributed by atoms with van der Waals surface area (Å²) in [6.07, 6.45) is 3.75. The topological polar surface area (TPSA) is 85.3 Å². The first-order valence-electron chi connectivity index (χ1n) is 9.30. The van der Waals surface area contributed by atoms with Gasteiger partial charge in [-0.3, -0.25) is 10.2 Å². The molecule has 0 spiro atoms. The van der Waals surface area contributed by atoms with Crippen LogP contribution in [0.4, 0.5) is 0 Å². The van der Waals surface area contributed by atoms with Gasteiger partial charge in [-0.1, -0.05) is 23.2 Å². The van der Waals surface area contributed by atoms with Crippen LogP contribution in [0.25, 0.3) is 17.4 Å². The molecule has 1 fully saturated rings. The highest BCUT2D eigenvalue weighted by Gasteiger charge is 2.37. The van der Waals surface area contributed by atoms with Gasteiger partial charge in [-0.25, -0.2) is 0 Å². The van der Waals surface area contributed by atoms with E-state index >= 15 is 0 Å². The summed E-state index contributed by atoms with van der Waals surface area (Å²) < 4.78 is 5.83. The van der Waals surface area contributed by atoms with E-state index in [4.69, 9.17) is 33.0 Å². The zero-order chi connectivity index (χ0) is 20.8. The zero-order valence-corrected chi connectivity index (χ0v) is 17.9. The Morgan fingerprint density at radius 1 is 1.10 bits per heavy atom. The van der Waals surface area contributed by atoms with E-state index in [1.54, 1.807) is 30.3 Å². The van der Waals surface area contributed by atoms with E-state index in [1.165, 1.54) is 22.8 Å². The fourth-order valence-electron chi connectivity index (χ4n) is 3.40. The third kappa shape index (κ3) is 3.45. The molecule has 5 rings (SSSR count). The molecule has 3 aliphatic heterocycles. The number of nitrogens with zero attached hydrogens (tertiary/aromatic N) is 4. The predicted octanol–water partition coefficient (Wildman–Crippen LogP) is 4.93. The van der Waals surface area contributed by atoms with Gasteiger partial charge in [-0.15, -0.1) is 5.10 Å². The number of nitrogens with one attached hydrogen (secondary N) is 1. The molecule has 0 atom stereocenters. The number of furan rings is 1. The molecule has 1 aromatic heterocycles. The maximum Gasteiger partial charge on any atom is 0.283 e. The first-order valence-corrected chi connectivity index (χ1v) is 10.9. The third-order valence-corrected chi connectivity index (χ3v) is 6.65. The van der Waals surface area contributed by atoms with Crippen molar-refractivity contribution in [2.24, 2.45) is 10.1 Å². The van der Waals surface area contributed by atoms with Gasteiger partial charge in [-0.2, -0.15) is 10.0 Å². The van der Waals surface area contributed by atoms with E-state index < -0.39 is 5.91 Å². The Morgan fingerprint density at radius 3 is 2.67 bits per heavy atom. The van der Waals surface area contributed by atoms with E-state index in [0.29, 0.717) is 26.7 Å². The van der Waals surface area contributed by atoms with Crippen molar-refractivity contribution in [3.05, 3.63) is 51.7 Å². The van der Waals surface area contributed by atoms with E-state index in [9.17, 15) is 4.79 Å². The van der Waals surface area contributed by atoms with Crippen LogP contribution in [0.2, 0.25) is 10.0 Å². The van der Waals surface area contributed by atoms with Crippen molar-refractivity contribution in [2.75, 3.05) is 13.1 Å². The normalized spacial score (nSPS) is 20.1. The summed E-state index contributed by atoms with van der Waals surface area (Å²) in [7, 11) is 0. The number of benzene rings is 1. The van der Waals surface area contributed by atoms with Crippen LogP contribution in [0.15, 0.2) is 50.4 Å². The van der Waals surface area contributed by atoms with E-state index in [2.05, 4.69) is 15.0 Å². The Morgan fingerprint density at radius 2 is 1.90 bits per heavy atom. The van der Waals surface area contributed by atoms with Crippen LogP contribution in [0, 0.1) is 5.41 Å². The van der Waals surface area contributed by atoms with Crippen molar-refractivity contribution >= 4 is 63.1 Å². The van der Waals surface area contributed by atoms with Gasteiger partial charge in [0.1, 0.15) is 11.5 Å². The van der Waals surface area contributed by atoms with Gasteiger partial charge in [0.2, 0.25) is 5.17 Å². The Labute approximate surface area is 186 Å². The molecule has 2 aromatic rings. The van der Waals surface area contributed by atoms with Crippen LogP contribution < -0.4 is 0 Å². The summed E-state index contributed by atoms with van der Waals surface area (Å²) >= 11 is 13.4. The molecule has 152 valence electrons. The first-order chi connectivity index (χ1) is 14.5. The lowest BCUT2D eigenvalue weighted by Crippen LogP contribution is -2.35. The molecular formula is C20H15Cl2N5O2S. The number of amides is 1. The lowest BCUT2D eigenvalue weighted by Gasteiger charge is -2.19. The van der Waals surface area contributed by atoms with Gasteiger partial charge < -0.3 is 9.32 Å². The molecule has 1 amide bonds. The molecule has 1 aromatic carbocycles. The van der Waals surface area contributed by atoms with Crippen molar-refractivity contribution in [1.29, 1.82) is 5.41 Å². The number of thioether (sulfide) groups is 1. The second-order valence-corrected chi connectivity index (χ2v) is 8.68. The van der Waals surface area contributed by atoms with Crippen LogP contribution in [0.1, 0.15) is 18.6 Å². The number of amidine groups is 3. The highest BCUT2D eigenvalue weighted by Crippen LogP contribution is 2.32. The Hall–Kier alpha value is -2.55. The highest BCUT2D eigenvalue weighted by atomic mass is 35.5. The van der Waals surface area contributed by atoms with Gasteiger partial charge >= 0.3 is 0 Å². The van der Waals surface area contributed by atoms with Crippen molar-refractivity contribution in [3.8, 4) is 11.3 Å². The minimum atomic E-state index is -0.482. The van der Waals surface area contributed by atoms with Crippen LogP contribution in [0.5, 0.6) is 0 Å². The minimum absolute atomic E-state index is 0.0146. The average molecular weight is 460 g/mol. The number of carbonyl (C=O) groups is 1. The van der Waals surface area contributed by atoms with E-state index in [1.807, 2.05) is 0 Å². The molecule has 0 saturated carbocycles.